The largest absolute Gasteiger partial charge is 0.320 e. The van der Waals surface area contributed by atoms with E-state index in [9.17, 15) is 0 Å². The van der Waals surface area contributed by atoms with Crippen molar-refractivity contribution in [1.82, 2.24) is 4.57 Å². The molecule has 0 N–H and O–H groups in total. The number of hydrogen-bond acceptors (Lipinski definition) is 0. The minimum atomic E-state index is 0.871. The number of alkyl halides is 2. The van der Waals surface area contributed by atoms with Crippen LogP contribution < -0.4 is 0 Å². The molecular formula is C12H11Br2N. The van der Waals surface area contributed by atoms with E-state index in [0.29, 0.717) is 0 Å². The Morgan fingerprint density at radius 3 is 2.27 bits per heavy atom. The van der Waals surface area contributed by atoms with E-state index in [0.717, 1.165) is 10.7 Å². The summed E-state index contributed by atoms with van der Waals surface area (Å²) in [6.45, 7) is 0. The number of hydrogen-bond donors (Lipinski definition) is 0. The normalized spacial score (nSPS) is 10.5. The third-order valence-corrected chi connectivity index (χ3v) is 3.53. The van der Waals surface area contributed by atoms with Crippen molar-refractivity contribution in [3.63, 3.8) is 0 Å². The molecule has 0 radical (unpaired) electrons. The molecule has 2 rings (SSSR count). The van der Waals surface area contributed by atoms with Gasteiger partial charge in [-0.1, -0.05) is 50.1 Å². The van der Waals surface area contributed by atoms with Crippen LogP contribution in [0.3, 0.4) is 0 Å². The SMILES string of the molecule is BrCc1ccn(-c2ccccc2)c1CBr. The Bertz CT molecular complexity index is 434. The summed E-state index contributed by atoms with van der Waals surface area (Å²) in [6.07, 6.45) is 2.11. The molecule has 1 aromatic carbocycles. The van der Waals surface area contributed by atoms with Crippen LogP contribution >= 0.6 is 31.9 Å². The van der Waals surface area contributed by atoms with Gasteiger partial charge >= 0.3 is 0 Å². The fourth-order valence-corrected chi connectivity index (χ4v) is 2.75. The average Bonchev–Trinajstić information content (AvgIpc) is 2.72. The van der Waals surface area contributed by atoms with E-state index in [1.54, 1.807) is 0 Å². The van der Waals surface area contributed by atoms with Crippen LogP contribution in [0, 0.1) is 0 Å². The van der Waals surface area contributed by atoms with Crippen LogP contribution in [0.25, 0.3) is 5.69 Å². The summed E-state index contributed by atoms with van der Waals surface area (Å²) in [6, 6.07) is 12.5. The highest BCUT2D eigenvalue weighted by Crippen LogP contribution is 2.21. The molecule has 3 heteroatoms. The Kier molecular flexibility index (Phi) is 3.65. The highest BCUT2D eigenvalue weighted by molar-refractivity contribution is 9.09. The minimum Gasteiger partial charge on any atom is -0.320 e. The summed E-state index contributed by atoms with van der Waals surface area (Å²) in [5, 5.41) is 1.77. The van der Waals surface area contributed by atoms with Crippen molar-refractivity contribution >= 4 is 31.9 Å². The van der Waals surface area contributed by atoms with Crippen molar-refractivity contribution in [3.8, 4) is 5.69 Å². The summed E-state index contributed by atoms with van der Waals surface area (Å²) in [7, 11) is 0. The molecule has 0 unspecified atom stereocenters. The fourth-order valence-electron chi connectivity index (χ4n) is 1.61. The molecule has 0 aliphatic rings. The molecule has 0 spiro atoms. The van der Waals surface area contributed by atoms with Gasteiger partial charge < -0.3 is 4.57 Å². The molecule has 0 aliphatic carbocycles. The third kappa shape index (κ3) is 2.18. The summed E-state index contributed by atoms with van der Waals surface area (Å²) < 4.78 is 2.21. The molecule has 0 saturated heterocycles. The molecule has 0 saturated carbocycles. The number of rotatable bonds is 3. The summed E-state index contributed by atoms with van der Waals surface area (Å²) >= 11 is 7.04. The smallest absolute Gasteiger partial charge is 0.0452 e. The quantitative estimate of drug-likeness (QED) is 0.742. The van der Waals surface area contributed by atoms with Gasteiger partial charge in [0.25, 0.3) is 0 Å². The number of aromatic nitrogens is 1. The molecular weight excluding hydrogens is 318 g/mol. The van der Waals surface area contributed by atoms with Gasteiger partial charge in [-0.25, -0.2) is 0 Å². The highest BCUT2D eigenvalue weighted by atomic mass is 79.9. The van der Waals surface area contributed by atoms with Crippen LogP contribution in [0.2, 0.25) is 0 Å². The molecule has 2 aromatic rings. The van der Waals surface area contributed by atoms with Crippen LogP contribution in [-0.2, 0) is 10.7 Å². The zero-order valence-corrected chi connectivity index (χ0v) is 11.3. The molecule has 0 fully saturated rings. The van der Waals surface area contributed by atoms with E-state index in [1.807, 2.05) is 6.07 Å². The lowest BCUT2D eigenvalue weighted by Gasteiger charge is -2.08. The predicted octanol–water partition coefficient (Wildman–Crippen LogP) is 4.27. The van der Waals surface area contributed by atoms with Gasteiger partial charge in [0.2, 0.25) is 0 Å². The first kappa shape index (κ1) is 11.0. The first-order valence-corrected chi connectivity index (χ1v) is 6.97. The van der Waals surface area contributed by atoms with Gasteiger partial charge in [0.05, 0.1) is 0 Å². The molecule has 1 heterocycles. The molecule has 0 atom stereocenters. The van der Waals surface area contributed by atoms with Crippen LogP contribution in [0.15, 0.2) is 42.6 Å². The van der Waals surface area contributed by atoms with Crippen molar-refractivity contribution in [2.75, 3.05) is 0 Å². The number of benzene rings is 1. The number of para-hydroxylation sites is 1. The first-order chi connectivity index (χ1) is 7.36. The fraction of sp³-hybridized carbons (Fsp3) is 0.167. The van der Waals surface area contributed by atoms with E-state index in [4.69, 9.17) is 0 Å². The lowest BCUT2D eigenvalue weighted by atomic mass is 10.3. The minimum absolute atomic E-state index is 0.871. The Labute approximate surface area is 106 Å². The van der Waals surface area contributed by atoms with Crippen molar-refractivity contribution in [1.29, 1.82) is 0 Å². The second-order valence-electron chi connectivity index (χ2n) is 3.26. The van der Waals surface area contributed by atoms with Gasteiger partial charge in [0.15, 0.2) is 0 Å². The van der Waals surface area contributed by atoms with Crippen molar-refractivity contribution in [2.45, 2.75) is 10.7 Å². The lowest BCUT2D eigenvalue weighted by molar-refractivity contribution is 0.996. The maximum absolute atomic E-state index is 3.53. The molecule has 0 aliphatic heterocycles. The maximum Gasteiger partial charge on any atom is 0.0452 e. The second-order valence-corrected chi connectivity index (χ2v) is 4.38. The van der Waals surface area contributed by atoms with Gasteiger partial charge in [-0.15, -0.1) is 0 Å². The van der Waals surface area contributed by atoms with Crippen molar-refractivity contribution in [3.05, 3.63) is 53.9 Å². The van der Waals surface area contributed by atoms with E-state index >= 15 is 0 Å². The van der Waals surface area contributed by atoms with Crippen LogP contribution in [0.4, 0.5) is 0 Å². The summed E-state index contributed by atoms with van der Waals surface area (Å²) in [5.74, 6) is 0. The van der Waals surface area contributed by atoms with Gasteiger partial charge in [0, 0.05) is 28.2 Å². The molecule has 0 bridgehead atoms. The van der Waals surface area contributed by atoms with Gasteiger partial charge in [-0.3, -0.25) is 0 Å². The second kappa shape index (κ2) is 4.99. The Balaban J connectivity index is 2.49. The van der Waals surface area contributed by atoms with E-state index in [-0.39, 0.29) is 0 Å². The molecule has 15 heavy (non-hydrogen) atoms. The van der Waals surface area contributed by atoms with Gasteiger partial charge in [-0.2, -0.15) is 0 Å². The van der Waals surface area contributed by atoms with Crippen molar-refractivity contribution in [2.24, 2.45) is 0 Å². The van der Waals surface area contributed by atoms with Crippen LogP contribution in [-0.4, -0.2) is 4.57 Å². The van der Waals surface area contributed by atoms with Crippen LogP contribution in [0.1, 0.15) is 11.3 Å². The Morgan fingerprint density at radius 2 is 1.67 bits per heavy atom. The zero-order valence-electron chi connectivity index (χ0n) is 8.16. The molecule has 1 aromatic heterocycles. The monoisotopic (exact) mass is 327 g/mol. The molecule has 0 amide bonds. The van der Waals surface area contributed by atoms with E-state index < -0.39 is 0 Å². The van der Waals surface area contributed by atoms with E-state index in [2.05, 4.69) is 73.0 Å². The topological polar surface area (TPSA) is 4.93 Å². The Hall–Kier alpha value is -0.540. The molecule has 1 nitrogen and oxygen atoms in total. The maximum atomic E-state index is 3.53. The highest BCUT2D eigenvalue weighted by Gasteiger charge is 2.07. The van der Waals surface area contributed by atoms with Crippen molar-refractivity contribution < 1.29 is 0 Å². The zero-order chi connectivity index (χ0) is 10.7. The molecule has 78 valence electrons. The van der Waals surface area contributed by atoms with Gasteiger partial charge in [-0.05, 0) is 23.8 Å². The number of nitrogens with zero attached hydrogens (tertiary/aromatic N) is 1. The summed E-state index contributed by atoms with van der Waals surface area (Å²) in [4.78, 5) is 0. The lowest BCUT2D eigenvalue weighted by Crippen LogP contribution is -1.97. The third-order valence-electron chi connectivity index (χ3n) is 2.39. The first-order valence-electron chi connectivity index (χ1n) is 4.73. The van der Waals surface area contributed by atoms with Crippen LogP contribution in [0.5, 0.6) is 0 Å². The Morgan fingerprint density at radius 1 is 0.933 bits per heavy atom. The standard InChI is InChI=1S/C12H11Br2N/c13-8-10-6-7-15(12(10)9-14)11-4-2-1-3-5-11/h1-7H,8-9H2. The number of halogens is 2. The summed E-state index contributed by atoms with van der Waals surface area (Å²) in [5.41, 5.74) is 3.84. The average molecular weight is 329 g/mol. The predicted molar refractivity (Wildman–Crippen MR) is 71.0 cm³/mol. The van der Waals surface area contributed by atoms with E-state index in [1.165, 1.54) is 16.9 Å². The van der Waals surface area contributed by atoms with Gasteiger partial charge in [0.1, 0.15) is 0 Å².